The van der Waals surface area contributed by atoms with Crippen LogP contribution in [0, 0.1) is 5.92 Å². The molecule has 2 aromatic carbocycles. The molecule has 0 heterocycles. The van der Waals surface area contributed by atoms with E-state index in [9.17, 15) is 18.0 Å². The fourth-order valence-corrected chi connectivity index (χ4v) is 5.03. The zero-order chi connectivity index (χ0) is 22.4. The Morgan fingerprint density at radius 3 is 2.45 bits per heavy atom. The molecule has 3 N–H and O–H groups in total. The lowest BCUT2D eigenvalue weighted by Crippen LogP contribution is -2.45. The van der Waals surface area contributed by atoms with Gasteiger partial charge in [0.15, 0.2) is 0 Å². The average molecular weight is 466 g/mol. The van der Waals surface area contributed by atoms with E-state index in [1.165, 1.54) is 19.2 Å². The number of carbonyl (C=O) groups is 2. The lowest BCUT2D eigenvalue weighted by Gasteiger charge is -2.20. The summed E-state index contributed by atoms with van der Waals surface area (Å²) in [6.45, 7) is 0. The fourth-order valence-electron chi connectivity index (χ4n) is 3.44. The van der Waals surface area contributed by atoms with Crippen molar-refractivity contribution in [2.75, 3.05) is 11.8 Å². The molecule has 0 saturated heterocycles. The van der Waals surface area contributed by atoms with Gasteiger partial charge in [0.25, 0.3) is 15.9 Å². The molecule has 1 aliphatic carbocycles. The van der Waals surface area contributed by atoms with Crippen LogP contribution in [0.5, 0.6) is 5.75 Å². The first kappa shape index (κ1) is 22.9. The number of carbonyl (C=O) groups excluding carboxylic acids is 2. The number of sulfonamides is 1. The van der Waals surface area contributed by atoms with Crippen molar-refractivity contribution in [1.29, 1.82) is 0 Å². The van der Waals surface area contributed by atoms with Crippen LogP contribution < -0.4 is 20.3 Å². The summed E-state index contributed by atoms with van der Waals surface area (Å²) in [6.07, 6.45) is 4.67. The monoisotopic (exact) mass is 465 g/mol. The lowest BCUT2D eigenvalue weighted by molar-refractivity contribution is -0.126. The second kappa shape index (κ2) is 10.0. The average Bonchev–Trinajstić information content (AvgIpc) is 2.78. The van der Waals surface area contributed by atoms with Crippen LogP contribution in [0.3, 0.4) is 0 Å². The third-order valence-electron chi connectivity index (χ3n) is 5.11. The number of rotatable bonds is 6. The molecule has 10 heteroatoms. The number of para-hydroxylation sites is 2. The largest absolute Gasteiger partial charge is 0.495 e. The van der Waals surface area contributed by atoms with Gasteiger partial charge in [0.2, 0.25) is 5.91 Å². The number of methoxy groups -OCH3 is 1. The van der Waals surface area contributed by atoms with Crippen LogP contribution in [0.15, 0.2) is 47.4 Å². The summed E-state index contributed by atoms with van der Waals surface area (Å²) in [6, 6.07) is 10.4. The number of hydrazine groups is 1. The molecule has 1 fully saturated rings. The maximum atomic E-state index is 12.9. The van der Waals surface area contributed by atoms with Crippen molar-refractivity contribution in [2.24, 2.45) is 5.92 Å². The predicted octanol–water partition coefficient (Wildman–Crippen LogP) is 3.49. The third kappa shape index (κ3) is 5.68. The van der Waals surface area contributed by atoms with Gasteiger partial charge < -0.3 is 4.74 Å². The van der Waals surface area contributed by atoms with Gasteiger partial charge in [0, 0.05) is 11.5 Å². The van der Waals surface area contributed by atoms with E-state index in [0.29, 0.717) is 5.75 Å². The highest BCUT2D eigenvalue weighted by molar-refractivity contribution is 7.92. The molecule has 166 valence electrons. The Morgan fingerprint density at radius 1 is 1.03 bits per heavy atom. The highest BCUT2D eigenvalue weighted by Gasteiger charge is 2.23. The SMILES string of the molecule is COc1ccccc1NS(=O)(=O)c1cc(C(=O)NNC(=O)C2CCCCC2)ccc1Cl. The summed E-state index contributed by atoms with van der Waals surface area (Å²) >= 11 is 6.10. The number of halogens is 1. The van der Waals surface area contributed by atoms with Crippen LogP contribution in [0.25, 0.3) is 0 Å². The fraction of sp³-hybridized carbons (Fsp3) is 0.333. The van der Waals surface area contributed by atoms with Gasteiger partial charge in [-0.15, -0.1) is 0 Å². The van der Waals surface area contributed by atoms with Crippen molar-refractivity contribution >= 4 is 39.1 Å². The molecule has 0 aliphatic heterocycles. The summed E-state index contributed by atoms with van der Waals surface area (Å²) in [5.41, 5.74) is 5.04. The van der Waals surface area contributed by atoms with E-state index in [2.05, 4.69) is 15.6 Å². The maximum Gasteiger partial charge on any atom is 0.269 e. The second-order valence-corrected chi connectivity index (χ2v) is 9.29. The number of hydrogen-bond acceptors (Lipinski definition) is 5. The normalized spacial score (nSPS) is 14.5. The van der Waals surface area contributed by atoms with Crippen LogP contribution in [-0.2, 0) is 14.8 Å². The Kier molecular flexibility index (Phi) is 7.40. The van der Waals surface area contributed by atoms with Gasteiger partial charge >= 0.3 is 0 Å². The minimum atomic E-state index is -4.11. The Bertz CT molecular complexity index is 1070. The molecule has 31 heavy (non-hydrogen) atoms. The van der Waals surface area contributed by atoms with Crippen molar-refractivity contribution < 1.29 is 22.7 Å². The summed E-state index contributed by atoms with van der Waals surface area (Å²) in [4.78, 5) is 24.4. The van der Waals surface area contributed by atoms with Gasteiger partial charge in [0.05, 0.1) is 17.8 Å². The molecule has 2 aromatic rings. The summed E-state index contributed by atoms with van der Waals surface area (Å²) in [5, 5.41) is -0.0508. The van der Waals surface area contributed by atoms with Gasteiger partial charge in [-0.25, -0.2) is 8.42 Å². The van der Waals surface area contributed by atoms with E-state index in [4.69, 9.17) is 16.3 Å². The minimum absolute atomic E-state index is 0.0359. The number of nitrogens with one attached hydrogen (secondary N) is 3. The first-order valence-electron chi connectivity index (χ1n) is 9.87. The summed E-state index contributed by atoms with van der Waals surface area (Å²) in [5.74, 6) is -0.677. The second-order valence-electron chi connectivity index (χ2n) is 7.23. The van der Waals surface area contributed by atoms with Crippen molar-refractivity contribution in [3.63, 3.8) is 0 Å². The quantitative estimate of drug-likeness (QED) is 0.565. The number of benzene rings is 2. The molecule has 0 radical (unpaired) electrons. The summed E-state index contributed by atoms with van der Waals surface area (Å²) in [7, 11) is -2.69. The van der Waals surface area contributed by atoms with Gasteiger partial charge in [-0.2, -0.15) is 0 Å². The van der Waals surface area contributed by atoms with E-state index < -0.39 is 15.9 Å². The Labute approximate surface area is 186 Å². The predicted molar refractivity (Wildman–Crippen MR) is 117 cm³/mol. The molecular formula is C21H24ClN3O5S. The zero-order valence-corrected chi connectivity index (χ0v) is 18.6. The van der Waals surface area contributed by atoms with Gasteiger partial charge in [-0.05, 0) is 43.2 Å². The van der Waals surface area contributed by atoms with Crippen molar-refractivity contribution in [3.05, 3.63) is 53.1 Å². The van der Waals surface area contributed by atoms with E-state index in [1.54, 1.807) is 24.3 Å². The highest BCUT2D eigenvalue weighted by Crippen LogP contribution is 2.29. The van der Waals surface area contributed by atoms with Crippen LogP contribution in [0.4, 0.5) is 5.69 Å². The topological polar surface area (TPSA) is 114 Å². The molecular weight excluding hydrogens is 442 g/mol. The molecule has 1 aliphatic rings. The maximum absolute atomic E-state index is 12.9. The van der Waals surface area contributed by atoms with Crippen molar-refractivity contribution in [3.8, 4) is 5.75 Å². The van der Waals surface area contributed by atoms with Gasteiger partial charge in [0.1, 0.15) is 10.6 Å². The zero-order valence-electron chi connectivity index (χ0n) is 17.0. The number of amides is 2. The molecule has 1 saturated carbocycles. The first-order chi connectivity index (χ1) is 14.8. The molecule has 8 nitrogen and oxygen atoms in total. The van der Waals surface area contributed by atoms with Gasteiger partial charge in [-0.3, -0.25) is 25.2 Å². The van der Waals surface area contributed by atoms with Crippen LogP contribution in [-0.4, -0.2) is 27.3 Å². The molecule has 3 rings (SSSR count). The lowest BCUT2D eigenvalue weighted by atomic mass is 9.89. The van der Waals surface area contributed by atoms with Crippen LogP contribution in [0.1, 0.15) is 42.5 Å². The van der Waals surface area contributed by atoms with Crippen LogP contribution >= 0.6 is 11.6 Å². The first-order valence-corrected chi connectivity index (χ1v) is 11.7. The number of anilines is 1. The van der Waals surface area contributed by atoms with Crippen molar-refractivity contribution in [2.45, 2.75) is 37.0 Å². The Balaban J connectivity index is 1.74. The van der Waals surface area contributed by atoms with Crippen molar-refractivity contribution in [1.82, 2.24) is 10.9 Å². The Hall–Kier alpha value is -2.78. The highest BCUT2D eigenvalue weighted by atomic mass is 35.5. The number of ether oxygens (including phenoxy) is 1. The smallest absolute Gasteiger partial charge is 0.269 e. The standard InChI is InChI=1S/C21H24ClN3O5S/c1-30-18-10-6-5-9-17(18)25-31(28,29)19-13-15(11-12-16(19)22)21(27)24-23-20(26)14-7-3-2-4-8-14/h5-6,9-14,25H,2-4,7-8H2,1H3,(H,23,26)(H,24,27). The Morgan fingerprint density at radius 2 is 1.74 bits per heavy atom. The van der Waals surface area contributed by atoms with E-state index in [0.717, 1.165) is 38.2 Å². The van der Waals surface area contributed by atoms with E-state index >= 15 is 0 Å². The van der Waals surface area contributed by atoms with E-state index in [-0.39, 0.29) is 33.0 Å². The molecule has 0 aromatic heterocycles. The summed E-state index contributed by atoms with van der Waals surface area (Å²) < 4.78 is 33.3. The number of hydrogen-bond donors (Lipinski definition) is 3. The minimum Gasteiger partial charge on any atom is -0.495 e. The molecule has 2 amide bonds. The van der Waals surface area contributed by atoms with Crippen LogP contribution in [0.2, 0.25) is 5.02 Å². The molecule has 0 unspecified atom stereocenters. The molecule has 0 spiro atoms. The third-order valence-corrected chi connectivity index (χ3v) is 6.96. The van der Waals surface area contributed by atoms with Gasteiger partial charge in [-0.1, -0.05) is 43.0 Å². The molecule has 0 atom stereocenters. The van der Waals surface area contributed by atoms with E-state index in [1.807, 2.05) is 0 Å². The molecule has 0 bridgehead atoms.